The summed E-state index contributed by atoms with van der Waals surface area (Å²) < 4.78 is 0. The smallest absolute Gasteiger partial charge is 0.0442 e. The number of fused-ring (bicyclic) bond motifs is 14. The molecule has 0 N–H and O–H groups in total. The van der Waals surface area contributed by atoms with E-state index in [1.165, 1.54) is 121 Å². The van der Waals surface area contributed by atoms with Gasteiger partial charge in [-0.05, 0) is 157 Å². The van der Waals surface area contributed by atoms with Crippen LogP contribution in [0.5, 0.6) is 0 Å². The highest BCUT2D eigenvalue weighted by atomic mass is 14.5. The molecule has 290 valence electrons. The molecule has 10 aromatic rings. The highest BCUT2D eigenvalue weighted by molar-refractivity contribution is 6.35. The third-order valence-electron chi connectivity index (χ3n) is 15.0. The lowest BCUT2D eigenvalue weighted by molar-refractivity contribution is 0.591. The molecule has 0 nitrogen and oxygen atoms in total. The van der Waals surface area contributed by atoms with Crippen molar-refractivity contribution in [2.45, 2.75) is 77.0 Å². The topological polar surface area (TPSA) is 0 Å². The lowest BCUT2D eigenvalue weighted by atomic mass is 9.68. The van der Waals surface area contributed by atoms with Gasteiger partial charge in [-0.25, -0.2) is 0 Å². The van der Waals surface area contributed by atoms with Crippen molar-refractivity contribution >= 4 is 53.9 Å². The van der Waals surface area contributed by atoms with Crippen LogP contribution >= 0.6 is 0 Å². The van der Waals surface area contributed by atoms with Crippen molar-refractivity contribution in [3.63, 3.8) is 0 Å². The highest BCUT2D eigenvalue weighted by Crippen LogP contribution is 2.65. The largest absolute Gasteiger partial charge is 0.0622 e. The van der Waals surface area contributed by atoms with Crippen molar-refractivity contribution in [1.82, 2.24) is 0 Å². The summed E-state index contributed by atoms with van der Waals surface area (Å²) in [5.74, 6) is 0. The zero-order chi connectivity index (χ0) is 41.1. The summed E-state index contributed by atoms with van der Waals surface area (Å²) in [6.07, 6.45) is 0. The third kappa shape index (κ3) is 4.42. The van der Waals surface area contributed by atoms with Crippen LogP contribution in [0.15, 0.2) is 158 Å². The van der Waals surface area contributed by atoms with E-state index in [2.05, 4.69) is 213 Å². The Balaban J connectivity index is 1.43. The molecule has 0 spiro atoms. The molecule has 0 heterocycles. The summed E-state index contributed by atoms with van der Waals surface area (Å²) in [5.41, 5.74) is 15.7. The minimum absolute atomic E-state index is 0.0894. The standard InChI is InChI=1S/C60H50/c1-57(2,3)39-31-43-49-45(33-39)55-54(52-42-26-18-16-20-36(42)28-30-48(52)59(55,7)37-21-11-9-12-22-37)44-32-40(58(4,5)6)34-46(50(44)49)56-53(43)51-41-25-17-15-19-35(41)27-29-47(51)60(56,8)38-23-13-10-14-24-38/h9-34H,1-8H3. The molecule has 2 aliphatic rings. The van der Waals surface area contributed by atoms with Crippen molar-refractivity contribution < 1.29 is 0 Å². The zero-order valence-electron chi connectivity index (χ0n) is 36.0. The molecule has 0 saturated heterocycles. The Kier molecular flexibility index (Phi) is 6.98. The number of benzene rings is 10. The monoisotopic (exact) mass is 770 g/mol. The molecule has 2 unspecified atom stereocenters. The first-order chi connectivity index (χ1) is 28.8. The van der Waals surface area contributed by atoms with Crippen LogP contribution in [0.1, 0.15) is 99.9 Å². The summed E-state index contributed by atoms with van der Waals surface area (Å²) in [6.45, 7) is 19.4. The van der Waals surface area contributed by atoms with Gasteiger partial charge >= 0.3 is 0 Å². The van der Waals surface area contributed by atoms with Gasteiger partial charge in [-0.15, -0.1) is 0 Å². The zero-order valence-corrected chi connectivity index (χ0v) is 36.0. The minimum atomic E-state index is -0.399. The van der Waals surface area contributed by atoms with Gasteiger partial charge in [0.15, 0.2) is 0 Å². The Labute approximate surface area is 353 Å². The van der Waals surface area contributed by atoms with Gasteiger partial charge in [0.05, 0.1) is 0 Å². The molecule has 0 radical (unpaired) electrons. The van der Waals surface area contributed by atoms with E-state index in [9.17, 15) is 0 Å². The number of hydrogen-bond donors (Lipinski definition) is 0. The summed E-state index contributed by atoms with van der Waals surface area (Å²) in [4.78, 5) is 0. The van der Waals surface area contributed by atoms with Crippen molar-refractivity contribution in [3.8, 4) is 22.3 Å². The second-order valence-electron chi connectivity index (χ2n) is 20.3. The van der Waals surface area contributed by atoms with E-state index in [-0.39, 0.29) is 10.8 Å². The van der Waals surface area contributed by atoms with Gasteiger partial charge in [-0.2, -0.15) is 0 Å². The normalized spacial score (nSPS) is 18.5. The fourth-order valence-corrected chi connectivity index (χ4v) is 11.9. The summed E-state index contributed by atoms with van der Waals surface area (Å²) >= 11 is 0. The van der Waals surface area contributed by atoms with Gasteiger partial charge in [0, 0.05) is 10.8 Å². The van der Waals surface area contributed by atoms with Crippen LogP contribution in [-0.2, 0) is 21.7 Å². The van der Waals surface area contributed by atoms with E-state index in [0.29, 0.717) is 0 Å². The Hall–Kier alpha value is -6.24. The van der Waals surface area contributed by atoms with Gasteiger partial charge < -0.3 is 0 Å². The Morgan fingerprint density at radius 3 is 1.07 bits per heavy atom. The Morgan fingerprint density at radius 1 is 0.333 bits per heavy atom. The molecule has 0 bridgehead atoms. The highest BCUT2D eigenvalue weighted by Gasteiger charge is 2.48. The molecule has 0 aliphatic heterocycles. The van der Waals surface area contributed by atoms with E-state index in [4.69, 9.17) is 0 Å². The van der Waals surface area contributed by atoms with Crippen molar-refractivity contribution in [2.24, 2.45) is 0 Å². The first kappa shape index (κ1) is 35.7. The first-order valence-electron chi connectivity index (χ1n) is 21.9. The Morgan fingerprint density at radius 2 is 0.683 bits per heavy atom. The molecule has 10 aromatic carbocycles. The minimum Gasteiger partial charge on any atom is -0.0622 e. The molecule has 0 aromatic heterocycles. The van der Waals surface area contributed by atoms with Gasteiger partial charge in [0.2, 0.25) is 0 Å². The molecule has 0 heteroatoms. The molecule has 2 aliphatic carbocycles. The summed E-state index contributed by atoms with van der Waals surface area (Å²) in [6, 6.07) is 61.0. The predicted octanol–water partition coefficient (Wildman–Crippen LogP) is 16.2. The van der Waals surface area contributed by atoms with E-state index in [1.807, 2.05) is 0 Å². The van der Waals surface area contributed by atoms with Gasteiger partial charge in [0.1, 0.15) is 0 Å². The Bertz CT molecular complexity index is 3210. The quantitative estimate of drug-likeness (QED) is 0.154. The lowest BCUT2D eigenvalue weighted by Gasteiger charge is -2.34. The molecule has 60 heavy (non-hydrogen) atoms. The maximum absolute atomic E-state index is 2.61. The molecular weight excluding hydrogens is 721 g/mol. The van der Waals surface area contributed by atoms with E-state index >= 15 is 0 Å². The average Bonchev–Trinajstić information content (AvgIpc) is 3.70. The van der Waals surface area contributed by atoms with Crippen LogP contribution in [0.3, 0.4) is 0 Å². The summed E-state index contributed by atoms with van der Waals surface area (Å²) in [7, 11) is 0. The molecule has 0 saturated carbocycles. The van der Waals surface area contributed by atoms with Crippen LogP contribution in [0.4, 0.5) is 0 Å². The molecule has 12 rings (SSSR count). The average molecular weight is 771 g/mol. The maximum Gasteiger partial charge on any atom is 0.0442 e. The number of rotatable bonds is 2. The van der Waals surface area contributed by atoms with Crippen molar-refractivity contribution in [1.29, 1.82) is 0 Å². The van der Waals surface area contributed by atoms with Gasteiger partial charge in [-0.1, -0.05) is 187 Å². The van der Waals surface area contributed by atoms with Crippen molar-refractivity contribution in [3.05, 3.63) is 202 Å². The van der Waals surface area contributed by atoms with Crippen molar-refractivity contribution in [2.75, 3.05) is 0 Å². The fourth-order valence-electron chi connectivity index (χ4n) is 11.9. The van der Waals surface area contributed by atoms with E-state index in [0.717, 1.165) is 0 Å². The van der Waals surface area contributed by atoms with Crippen LogP contribution in [0.25, 0.3) is 76.1 Å². The SMILES string of the molecule is CC(C)(C)c1cc2c3c(c4cc(C(C)(C)C)cc5c6c(c(c1)c2c54)C(C)(c1ccccc1)c1ccc2ccccc2c1-6)C(C)(c1ccccc1)c1ccc2ccccc2c1-3. The van der Waals surface area contributed by atoms with E-state index < -0.39 is 10.8 Å². The molecule has 2 atom stereocenters. The summed E-state index contributed by atoms with van der Waals surface area (Å²) in [5, 5.41) is 13.6. The maximum atomic E-state index is 2.61. The fraction of sp³-hybridized carbons (Fsp3) is 0.200. The third-order valence-corrected chi connectivity index (χ3v) is 15.0. The molecule has 0 amide bonds. The van der Waals surface area contributed by atoms with Gasteiger partial charge in [0.25, 0.3) is 0 Å². The van der Waals surface area contributed by atoms with Crippen LogP contribution in [-0.4, -0.2) is 0 Å². The molecule has 0 fully saturated rings. The molecular formula is C60H50. The second-order valence-corrected chi connectivity index (χ2v) is 20.3. The van der Waals surface area contributed by atoms with Crippen LogP contribution < -0.4 is 0 Å². The van der Waals surface area contributed by atoms with Crippen LogP contribution in [0.2, 0.25) is 0 Å². The van der Waals surface area contributed by atoms with E-state index in [1.54, 1.807) is 0 Å². The van der Waals surface area contributed by atoms with Gasteiger partial charge in [-0.3, -0.25) is 0 Å². The lowest BCUT2D eigenvalue weighted by Crippen LogP contribution is -2.24. The first-order valence-corrected chi connectivity index (χ1v) is 21.9. The van der Waals surface area contributed by atoms with Crippen LogP contribution in [0, 0.1) is 0 Å². The predicted molar refractivity (Wildman–Crippen MR) is 257 cm³/mol. The second kappa shape index (κ2) is 11.7. The number of hydrogen-bond acceptors (Lipinski definition) is 0.